The van der Waals surface area contributed by atoms with Gasteiger partial charge in [-0.2, -0.15) is 0 Å². The molecule has 3 rings (SSSR count). The zero-order valence-corrected chi connectivity index (χ0v) is 16.1. The summed E-state index contributed by atoms with van der Waals surface area (Å²) in [5.74, 6) is 0.432. The van der Waals surface area contributed by atoms with Gasteiger partial charge in [0, 0.05) is 26.2 Å². The van der Waals surface area contributed by atoms with Gasteiger partial charge in [-0.05, 0) is 43.2 Å². The lowest BCUT2D eigenvalue weighted by Gasteiger charge is -2.53. The van der Waals surface area contributed by atoms with E-state index in [9.17, 15) is 8.42 Å². The number of aryl methyl sites for hydroxylation is 1. The quantitative estimate of drug-likeness (QED) is 0.803. The van der Waals surface area contributed by atoms with Gasteiger partial charge in [0.15, 0.2) is 0 Å². The summed E-state index contributed by atoms with van der Waals surface area (Å²) in [5, 5.41) is 0. The molecule has 0 radical (unpaired) electrons. The maximum absolute atomic E-state index is 11.5. The van der Waals surface area contributed by atoms with Crippen LogP contribution in [0.25, 0.3) is 0 Å². The molecule has 6 heteroatoms. The van der Waals surface area contributed by atoms with Crippen molar-refractivity contribution in [3.63, 3.8) is 0 Å². The summed E-state index contributed by atoms with van der Waals surface area (Å²) in [7, 11) is -3.10. The highest BCUT2D eigenvalue weighted by Crippen LogP contribution is 2.36. The van der Waals surface area contributed by atoms with Crippen LogP contribution in [-0.2, 0) is 27.7 Å². The van der Waals surface area contributed by atoms with Gasteiger partial charge in [0.05, 0.1) is 18.0 Å². The summed E-state index contributed by atoms with van der Waals surface area (Å²) in [5.41, 5.74) is 2.74. The van der Waals surface area contributed by atoms with Crippen LogP contribution in [0.1, 0.15) is 37.8 Å². The van der Waals surface area contributed by atoms with E-state index < -0.39 is 10.0 Å². The minimum atomic E-state index is -3.10. The molecule has 2 saturated heterocycles. The Kier molecular flexibility index (Phi) is 5.83. The molecule has 0 unspecified atom stereocenters. The second kappa shape index (κ2) is 7.74. The van der Waals surface area contributed by atoms with Gasteiger partial charge in [-0.25, -0.2) is 13.1 Å². The Hall–Kier alpha value is -0.950. The van der Waals surface area contributed by atoms with Gasteiger partial charge < -0.3 is 4.74 Å². The van der Waals surface area contributed by atoms with Crippen LogP contribution in [0, 0.1) is 5.92 Å². The molecule has 1 spiro atoms. The van der Waals surface area contributed by atoms with Crippen molar-refractivity contribution in [2.45, 2.75) is 45.3 Å². The predicted octanol–water partition coefficient (Wildman–Crippen LogP) is 2.17. The van der Waals surface area contributed by atoms with Gasteiger partial charge in [-0.3, -0.25) is 4.90 Å². The average Bonchev–Trinajstić information content (AvgIpc) is 2.60. The van der Waals surface area contributed by atoms with Crippen LogP contribution < -0.4 is 4.72 Å². The summed E-state index contributed by atoms with van der Waals surface area (Å²) >= 11 is 0. The van der Waals surface area contributed by atoms with Gasteiger partial charge in [-0.1, -0.05) is 31.2 Å². The highest BCUT2D eigenvalue weighted by atomic mass is 32.2. The molecule has 2 fully saturated rings. The summed E-state index contributed by atoms with van der Waals surface area (Å²) < 4.78 is 31.9. The Labute approximate surface area is 151 Å². The molecule has 1 aromatic carbocycles. The van der Waals surface area contributed by atoms with Crippen molar-refractivity contribution in [3.05, 3.63) is 35.4 Å². The lowest BCUT2D eigenvalue weighted by atomic mass is 9.83. The van der Waals surface area contributed by atoms with E-state index in [1.807, 2.05) is 0 Å². The maximum Gasteiger partial charge on any atom is 0.211 e. The van der Waals surface area contributed by atoms with Crippen LogP contribution >= 0.6 is 0 Å². The molecule has 0 bridgehead atoms. The number of rotatable bonds is 7. The van der Waals surface area contributed by atoms with Gasteiger partial charge in [0.25, 0.3) is 0 Å². The topological polar surface area (TPSA) is 58.6 Å². The van der Waals surface area contributed by atoms with Crippen molar-refractivity contribution in [3.8, 4) is 0 Å². The van der Waals surface area contributed by atoms with Crippen LogP contribution in [0.3, 0.4) is 0 Å². The Balaban J connectivity index is 1.40. The molecule has 1 aromatic rings. The number of nitrogens with one attached hydrogen (secondary N) is 1. The Bertz CT molecular complexity index is 656. The Morgan fingerprint density at radius 1 is 1.20 bits per heavy atom. The first-order valence-electron chi connectivity index (χ1n) is 9.35. The minimum Gasteiger partial charge on any atom is -0.372 e. The fourth-order valence-corrected chi connectivity index (χ4v) is 4.39. The standard InChI is InChI=1S/C19H30N2O3S/c1-3-16-5-7-17(8-6-16)12-21-14-19(15-21)10-9-18(13-24-19)11-20-25(22,23)4-2/h5-8,18,20H,3-4,9-15H2,1-2H3/t18-/m1/s1. The Morgan fingerprint density at radius 3 is 2.44 bits per heavy atom. The summed E-state index contributed by atoms with van der Waals surface area (Å²) in [4.78, 5) is 2.43. The number of sulfonamides is 1. The highest BCUT2D eigenvalue weighted by Gasteiger charge is 2.46. The number of ether oxygens (including phenoxy) is 1. The van der Waals surface area contributed by atoms with Crippen molar-refractivity contribution in [2.24, 2.45) is 5.92 Å². The molecule has 2 heterocycles. The highest BCUT2D eigenvalue weighted by molar-refractivity contribution is 7.89. The van der Waals surface area contributed by atoms with Crippen LogP contribution in [0.15, 0.2) is 24.3 Å². The van der Waals surface area contributed by atoms with Crippen molar-refractivity contribution in [1.82, 2.24) is 9.62 Å². The molecular formula is C19H30N2O3S. The first-order valence-corrected chi connectivity index (χ1v) is 11.0. The van der Waals surface area contributed by atoms with E-state index in [2.05, 4.69) is 40.8 Å². The third kappa shape index (κ3) is 4.82. The SMILES string of the molecule is CCc1ccc(CN2CC3(CC[C@H](CNS(=O)(=O)CC)CO3)C2)cc1. The second-order valence-electron chi connectivity index (χ2n) is 7.47. The zero-order chi connectivity index (χ0) is 17.9. The number of hydrogen-bond acceptors (Lipinski definition) is 4. The maximum atomic E-state index is 11.5. The van der Waals surface area contributed by atoms with Gasteiger partial charge in [-0.15, -0.1) is 0 Å². The molecule has 0 saturated carbocycles. The van der Waals surface area contributed by atoms with E-state index in [0.29, 0.717) is 19.1 Å². The first kappa shape index (κ1) is 18.8. The lowest BCUT2D eigenvalue weighted by molar-refractivity contribution is -0.181. The molecular weight excluding hydrogens is 336 g/mol. The smallest absolute Gasteiger partial charge is 0.211 e. The van der Waals surface area contributed by atoms with E-state index in [1.165, 1.54) is 11.1 Å². The summed E-state index contributed by atoms with van der Waals surface area (Å²) in [6.07, 6.45) is 3.14. The van der Waals surface area contributed by atoms with E-state index in [4.69, 9.17) is 4.74 Å². The fourth-order valence-electron chi connectivity index (χ4n) is 3.69. The summed E-state index contributed by atoms with van der Waals surface area (Å²) in [6, 6.07) is 8.87. The zero-order valence-electron chi connectivity index (χ0n) is 15.3. The third-order valence-electron chi connectivity index (χ3n) is 5.47. The normalized spacial score (nSPS) is 23.5. The molecule has 2 aliphatic rings. The van der Waals surface area contributed by atoms with Crippen molar-refractivity contribution >= 4 is 10.0 Å². The number of likely N-dealkylation sites (tertiary alicyclic amines) is 1. The van der Waals surface area contributed by atoms with Gasteiger partial charge in [0.2, 0.25) is 10.0 Å². The van der Waals surface area contributed by atoms with E-state index in [0.717, 1.165) is 38.9 Å². The first-order chi connectivity index (χ1) is 11.9. The largest absolute Gasteiger partial charge is 0.372 e. The Morgan fingerprint density at radius 2 is 1.88 bits per heavy atom. The molecule has 1 N–H and O–H groups in total. The van der Waals surface area contributed by atoms with Crippen LogP contribution in [0.5, 0.6) is 0 Å². The van der Waals surface area contributed by atoms with Crippen LogP contribution in [0.4, 0.5) is 0 Å². The monoisotopic (exact) mass is 366 g/mol. The van der Waals surface area contributed by atoms with Gasteiger partial charge in [0.1, 0.15) is 0 Å². The molecule has 0 amide bonds. The van der Waals surface area contributed by atoms with E-state index >= 15 is 0 Å². The number of benzene rings is 1. The molecule has 2 aliphatic heterocycles. The molecule has 140 valence electrons. The molecule has 0 aliphatic carbocycles. The van der Waals surface area contributed by atoms with Gasteiger partial charge >= 0.3 is 0 Å². The number of nitrogens with zero attached hydrogens (tertiary/aromatic N) is 1. The third-order valence-corrected chi connectivity index (χ3v) is 6.83. The lowest BCUT2D eigenvalue weighted by Crippen LogP contribution is -2.64. The average molecular weight is 367 g/mol. The molecule has 1 atom stereocenters. The molecule has 5 nitrogen and oxygen atoms in total. The minimum absolute atomic E-state index is 0.00346. The van der Waals surface area contributed by atoms with Crippen molar-refractivity contribution < 1.29 is 13.2 Å². The van der Waals surface area contributed by atoms with Crippen molar-refractivity contribution in [2.75, 3.05) is 32.0 Å². The van der Waals surface area contributed by atoms with Crippen molar-refractivity contribution in [1.29, 1.82) is 0 Å². The second-order valence-corrected chi connectivity index (χ2v) is 9.56. The summed E-state index contributed by atoms with van der Waals surface area (Å²) in [6.45, 7) is 7.94. The fraction of sp³-hybridized carbons (Fsp3) is 0.684. The van der Waals surface area contributed by atoms with Crippen LogP contribution in [0.2, 0.25) is 0 Å². The number of hydrogen-bond donors (Lipinski definition) is 1. The molecule has 25 heavy (non-hydrogen) atoms. The van der Waals surface area contributed by atoms with E-state index in [1.54, 1.807) is 6.92 Å². The molecule has 0 aromatic heterocycles. The van der Waals surface area contributed by atoms with Crippen LogP contribution in [-0.4, -0.2) is 50.9 Å². The predicted molar refractivity (Wildman–Crippen MR) is 100.0 cm³/mol. The van der Waals surface area contributed by atoms with E-state index in [-0.39, 0.29) is 11.4 Å².